The molecule has 152 valence electrons. The molecule has 0 unspecified atom stereocenters. The van der Waals surface area contributed by atoms with Gasteiger partial charge >= 0.3 is 0 Å². The highest BCUT2D eigenvalue weighted by Crippen LogP contribution is 2.20. The minimum atomic E-state index is -0.549. The number of benzene rings is 1. The van der Waals surface area contributed by atoms with Crippen LogP contribution in [0.15, 0.2) is 36.4 Å². The van der Waals surface area contributed by atoms with Gasteiger partial charge in [-0.3, -0.25) is 10.0 Å². The molecule has 0 spiro atoms. The Morgan fingerprint density at radius 3 is 2.86 bits per heavy atom. The fourth-order valence-corrected chi connectivity index (χ4v) is 3.07. The summed E-state index contributed by atoms with van der Waals surface area (Å²) in [5, 5.41) is 12.1. The van der Waals surface area contributed by atoms with Crippen LogP contribution in [0.3, 0.4) is 0 Å². The van der Waals surface area contributed by atoms with Gasteiger partial charge in [0.05, 0.1) is 11.0 Å². The molecule has 1 aromatic heterocycles. The molecule has 2 rings (SSSR count). The van der Waals surface area contributed by atoms with E-state index in [1.165, 1.54) is 6.08 Å². The third kappa shape index (κ3) is 6.62. The molecular weight excluding hydrogens is 352 g/mol. The molecule has 6 nitrogen and oxygen atoms in total. The summed E-state index contributed by atoms with van der Waals surface area (Å²) in [5.41, 5.74) is 4.51. The van der Waals surface area contributed by atoms with E-state index in [0.29, 0.717) is 6.04 Å². The van der Waals surface area contributed by atoms with Gasteiger partial charge in [0.15, 0.2) is 0 Å². The fourth-order valence-electron chi connectivity index (χ4n) is 3.07. The summed E-state index contributed by atoms with van der Waals surface area (Å²) >= 11 is 0. The van der Waals surface area contributed by atoms with Gasteiger partial charge in [-0.25, -0.2) is 10.5 Å². The third-order valence-electron chi connectivity index (χ3n) is 4.44. The number of hydrogen-bond acceptors (Lipinski definition) is 4. The standard InChI is InChI=1S/C22H32N4O2/c1-4-5-6-7-9-21-24-19-16-18(11-13-22(27)25-28)10-12-20(19)26(21)15-8-14-23-17(2)3/h5-6,10-13,16-17,23,28H,4,7-9,14-15H2,1-3H3,(H,25,27)/b6-5-,13-11+. The molecule has 0 aliphatic heterocycles. The molecule has 1 heterocycles. The van der Waals surface area contributed by atoms with Crippen molar-refractivity contribution in [1.82, 2.24) is 20.3 Å². The Balaban J connectivity index is 2.23. The second-order valence-corrected chi connectivity index (χ2v) is 7.12. The summed E-state index contributed by atoms with van der Waals surface area (Å²) in [6.45, 7) is 8.35. The van der Waals surface area contributed by atoms with Crippen LogP contribution in [0.1, 0.15) is 51.4 Å². The number of fused-ring (bicyclic) bond motifs is 1. The molecular formula is C22H32N4O2. The summed E-state index contributed by atoms with van der Waals surface area (Å²) < 4.78 is 2.31. The number of hydroxylamine groups is 1. The first-order valence-electron chi connectivity index (χ1n) is 10.0. The number of aryl methyl sites for hydroxylation is 2. The summed E-state index contributed by atoms with van der Waals surface area (Å²) in [6, 6.07) is 6.49. The van der Waals surface area contributed by atoms with Crippen molar-refractivity contribution >= 4 is 23.0 Å². The van der Waals surface area contributed by atoms with E-state index in [-0.39, 0.29) is 0 Å². The zero-order valence-corrected chi connectivity index (χ0v) is 17.1. The van der Waals surface area contributed by atoms with Crippen LogP contribution < -0.4 is 10.8 Å². The van der Waals surface area contributed by atoms with Crippen molar-refractivity contribution in [2.75, 3.05) is 6.54 Å². The molecule has 3 N–H and O–H groups in total. The van der Waals surface area contributed by atoms with Gasteiger partial charge in [-0.1, -0.05) is 39.0 Å². The quantitative estimate of drug-likeness (QED) is 0.181. The number of imidazole rings is 1. The lowest BCUT2D eigenvalue weighted by Gasteiger charge is -2.11. The molecule has 0 atom stereocenters. The first kappa shape index (κ1) is 21.9. The minimum Gasteiger partial charge on any atom is -0.328 e. The van der Waals surface area contributed by atoms with Crippen LogP contribution in [0.5, 0.6) is 0 Å². The van der Waals surface area contributed by atoms with Crippen LogP contribution in [-0.2, 0) is 17.8 Å². The molecule has 28 heavy (non-hydrogen) atoms. The van der Waals surface area contributed by atoms with Gasteiger partial charge < -0.3 is 9.88 Å². The monoisotopic (exact) mass is 384 g/mol. The number of carbonyl (C=O) groups excluding carboxylic acids is 1. The first-order valence-corrected chi connectivity index (χ1v) is 10.0. The Hall–Kier alpha value is -2.44. The number of allylic oxidation sites excluding steroid dienone is 2. The summed E-state index contributed by atoms with van der Waals surface area (Å²) in [7, 11) is 0. The van der Waals surface area contributed by atoms with E-state index in [1.807, 2.05) is 12.1 Å². The Bertz CT molecular complexity index is 821. The predicted molar refractivity (Wildman–Crippen MR) is 114 cm³/mol. The van der Waals surface area contributed by atoms with Crippen LogP contribution in [0.25, 0.3) is 17.1 Å². The largest absolute Gasteiger partial charge is 0.328 e. The van der Waals surface area contributed by atoms with Gasteiger partial charge in [0.25, 0.3) is 5.91 Å². The molecule has 1 aromatic carbocycles. The Kier molecular flexibility index (Phi) is 8.91. The zero-order chi connectivity index (χ0) is 20.4. The van der Waals surface area contributed by atoms with Gasteiger partial charge in [-0.15, -0.1) is 0 Å². The molecule has 6 heteroatoms. The van der Waals surface area contributed by atoms with Crippen molar-refractivity contribution in [2.45, 2.75) is 59.0 Å². The number of rotatable bonds is 11. The summed E-state index contributed by atoms with van der Waals surface area (Å²) in [5.74, 6) is 0.543. The predicted octanol–water partition coefficient (Wildman–Crippen LogP) is 3.84. The summed E-state index contributed by atoms with van der Waals surface area (Å²) in [6.07, 6.45) is 11.3. The van der Waals surface area contributed by atoms with Crippen molar-refractivity contribution < 1.29 is 10.0 Å². The number of amides is 1. The molecule has 0 bridgehead atoms. The highest BCUT2D eigenvalue weighted by Gasteiger charge is 2.10. The first-order chi connectivity index (χ1) is 13.5. The molecule has 0 aliphatic rings. The van der Waals surface area contributed by atoms with Crippen LogP contribution >= 0.6 is 0 Å². The zero-order valence-electron chi connectivity index (χ0n) is 17.1. The number of carbonyl (C=O) groups is 1. The van der Waals surface area contributed by atoms with E-state index < -0.39 is 5.91 Å². The topological polar surface area (TPSA) is 79.2 Å². The Morgan fingerprint density at radius 2 is 2.14 bits per heavy atom. The van der Waals surface area contributed by atoms with Crippen LogP contribution in [0.2, 0.25) is 0 Å². The van der Waals surface area contributed by atoms with E-state index in [1.54, 1.807) is 11.6 Å². The minimum absolute atomic E-state index is 0.489. The lowest BCUT2D eigenvalue weighted by Crippen LogP contribution is -2.24. The van der Waals surface area contributed by atoms with Gasteiger partial charge in [-0.05, 0) is 49.6 Å². The van der Waals surface area contributed by atoms with Crippen LogP contribution in [0, 0.1) is 0 Å². The maximum absolute atomic E-state index is 11.2. The number of hydrogen-bond donors (Lipinski definition) is 3. The maximum Gasteiger partial charge on any atom is 0.267 e. The normalized spacial score (nSPS) is 12.0. The van der Waals surface area contributed by atoms with Gasteiger partial charge in [-0.2, -0.15) is 0 Å². The SMILES string of the molecule is CC/C=C\CCc1nc2cc(/C=C/C(=O)NO)ccc2n1CCCNC(C)C. The van der Waals surface area contributed by atoms with E-state index in [2.05, 4.69) is 48.9 Å². The lowest BCUT2D eigenvalue weighted by atomic mass is 10.2. The second kappa shape index (κ2) is 11.4. The van der Waals surface area contributed by atoms with E-state index in [4.69, 9.17) is 10.2 Å². The molecule has 2 aromatic rings. The molecule has 0 saturated heterocycles. The number of nitrogens with one attached hydrogen (secondary N) is 2. The molecule has 0 radical (unpaired) electrons. The summed E-state index contributed by atoms with van der Waals surface area (Å²) in [4.78, 5) is 16.0. The van der Waals surface area contributed by atoms with Crippen molar-refractivity contribution in [3.05, 3.63) is 47.8 Å². The average Bonchev–Trinajstić information content (AvgIpc) is 3.03. The maximum atomic E-state index is 11.2. The third-order valence-corrected chi connectivity index (χ3v) is 4.44. The van der Waals surface area contributed by atoms with E-state index in [9.17, 15) is 4.79 Å². The Labute approximate surface area is 167 Å². The fraction of sp³-hybridized carbons (Fsp3) is 0.455. The smallest absolute Gasteiger partial charge is 0.267 e. The highest BCUT2D eigenvalue weighted by atomic mass is 16.5. The van der Waals surface area contributed by atoms with Crippen molar-refractivity contribution in [2.24, 2.45) is 0 Å². The van der Waals surface area contributed by atoms with E-state index >= 15 is 0 Å². The molecule has 1 amide bonds. The lowest BCUT2D eigenvalue weighted by molar-refractivity contribution is -0.124. The van der Waals surface area contributed by atoms with Gasteiger partial charge in [0, 0.05) is 25.1 Å². The highest BCUT2D eigenvalue weighted by molar-refractivity contribution is 5.91. The molecule has 0 aliphatic carbocycles. The van der Waals surface area contributed by atoms with Crippen molar-refractivity contribution in [3.63, 3.8) is 0 Å². The average molecular weight is 385 g/mol. The molecule has 0 saturated carbocycles. The van der Waals surface area contributed by atoms with Gasteiger partial charge in [0.1, 0.15) is 5.82 Å². The number of aromatic nitrogens is 2. The van der Waals surface area contributed by atoms with Crippen molar-refractivity contribution in [3.8, 4) is 0 Å². The van der Waals surface area contributed by atoms with E-state index in [0.717, 1.165) is 61.2 Å². The van der Waals surface area contributed by atoms with Crippen LogP contribution in [0.4, 0.5) is 0 Å². The Morgan fingerprint density at radius 1 is 1.32 bits per heavy atom. The van der Waals surface area contributed by atoms with Crippen LogP contribution in [-0.4, -0.2) is 33.3 Å². The number of nitrogens with zero attached hydrogens (tertiary/aromatic N) is 2. The molecule has 0 fully saturated rings. The van der Waals surface area contributed by atoms with Gasteiger partial charge in [0.2, 0.25) is 0 Å². The van der Waals surface area contributed by atoms with Crippen molar-refractivity contribution in [1.29, 1.82) is 0 Å². The second-order valence-electron chi connectivity index (χ2n) is 7.12.